The van der Waals surface area contributed by atoms with Crippen molar-refractivity contribution in [2.45, 2.75) is 71.1 Å². The van der Waals surface area contributed by atoms with Gasteiger partial charge in [0.1, 0.15) is 11.3 Å². The van der Waals surface area contributed by atoms with Crippen molar-refractivity contribution in [3.8, 4) is 0 Å². The second kappa shape index (κ2) is 6.23. The van der Waals surface area contributed by atoms with Crippen molar-refractivity contribution in [1.82, 2.24) is 10.2 Å². The summed E-state index contributed by atoms with van der Waals surface area (Å²) in [6.07, 6.45) is -4.90. The minimum atomic E-state index is -4.31. The monoisotopic (exact) mass is 326 g/mol. The second-order valence-corrected chi connectivity index (χ2v) is 6.96. The van der Waals surface area contributed by atoms with Gasteiger partial charge in [0.05, 0.1) is 19.2 Å². The normalized spacial score (nSPS) is 23.5. The van der Waals surface area contributed by atoms with Gasteiger partial charge in [-0.15, -0.1) is 0 Å². The fourth-order valence-electron chi connectivity index (χ4n) is 2.28. The number of carbonyl (C=O) groups excluding carboxylic acids is 1. The number of carbonyl (C=O) groups is 1. The van der Waals surface area contributed by atoms with Crippen LogP contribution in [0.5, 0.6) is 0 Å². The van der Waals surface area contributed by atoms with E-state index in [1.165, 1.54) is 4.90 Å². The highest BCUT2D eigenvalue weighted by atomic mass is 19.4. The number of hydrogen-bond acceptors (Lipinski definition) is 4. The molecule has 1 fully saturated rings. The lowest BCUT2D eigenvalue weighted by atomic mass is 10.1. The van der Waals surface area contributed by atoms with Crippen LogP contribution >= 0.6 is 0 Å². The van der Waals surface area contributed by atoms with E-state index in [0.29, 0.717) is 0 Å². The molecule has 130 valence electrons. The van der Waals surface area contributed by atoms with Crippen molar-refractivity contribution >= 4 is 6.09 Å². The minimum absolute atomic E-state index is 0.151. The van der Waals surface area contributed by atoms with Crippen LogP contribution in [0.1, 0.15) is 41.5 Å². The van der Waals surface area contributed by atoms with Crippen molar-refractivity contribution in [2.24, 2.45) is 0 Å². The van der Waals surface area contributed by atoms with Gasteiger partial charge in [-0.25, -0.2) is 4.79 Å². The Labute approximate surface area is 129 Å². The van der Waals surface area contributed by atoms with E-state index in [1.807, 2.05) is 0 Å². The molecule has 0 saturated carbocycles. The molecule has 0 aliphatic carbocycles. The summed E-state index contributed by atoms with van der Waals surface area (Å²) in [6, 6.07) is -1.12. The second-order valence-electron chi connectivity index (χ2n) is 6.96. The summed E-state index contributed by atoms with van der Waals surface area (Å²) in [5.74, 6) is 0. The van der Waals surface area contributed by atoms with E-state index in [4.69, 9.17) is 9.47 Å². The van der Waals surface area contributed by atoms with Crippen LogP contribution in [0.2, 0.25) is 0 Å². The Morgan fingerprint density at radius 3 is 2.41 bits per heavy atom. The third-order valence-corrected chi connectivity index (χ3v) is 3.31. The zero-order chi connectivity index (χ0) is 17.3. The number of ether oxygens (including phenoxy) is 2. The van der Waals surface area contributed by atoms with Gasteiger partial charge in [-0.2, -0.15) is 13.2 Å². The van der Waals surface area contributed by atoms with Gasteiger partial charge in [0, 0.05) is 6.04 Å². The largest absolute Gasteiger partial charge is 0.444 e. The Kier molecular flexibility index (Phi) is 5.39. The zero-order valence-electron chi connectivity index (χ0n) is 13.9. The minimum Gasteiger partial charge on any atom is -0.444 e. The molecule has 1 amide bonds. The molecule has 0 aromatic carbocycles. The highest BCUT2D eigenvalue weighted by Crippen LogP contribution is 2.31. The molecule has 0 radical (unpaired) electrons. The fraction of sp³-hybridized carbons (Fsp3) is 0.929. The summed E-state index contributed by atoms with van der Waals surface area (Å²) in [5.41, 5.74) is -1.62. The lowest BCUT2D eigenvalue weighted by Crippen LogP contribution is -2.56. The molecule has 2 atom stereocenters. The molecule has 1 aliphatic rings. The Hall–Kier alpha value is -1.02. The van der Waals surface area contributed by atoms with Crippen LogP contribution in [0.25, 0.3) is 0 Å². The van der Waals surface area contributed by atoms with E-state index >= 15 is 0 Å². The summed E-state index contributed by atoms with van der Waals surface area (Å²) in [5, 5.41) is 2.40. The van der Waals surface area contributed by atoms with Gasteiger partial charge in [-0.3, -0.25) is 4.90 Å². The van der Waals surface area contributed by atoms with Crippen molar-refractivity contribution in [3.05, 3.63) is 0 Å². The fourth-order valence-corrected chi connectivity index (χ4v) is 2.28. The summed E-state index contributed by atoms with van der Waals surface area (Å²) in [4.78, 5) is 13.7. The first-order valence-corrected chi connectivity index (χ1v) is 7.19. The van der Waals surface area contributed by atoms with Crippen LogP contribution in [0.15, 0.2) is 0 Å². The van der Waals surface area contributed by atoms with Gasteiger partial charge >= 0.3 is 12.3 Å². The molecule has 1 aliphatic heterocycles. The van der Waals surface area contributed by atoms with Crippen LogP contribution in [0, 0.1) is 0 Å². The van der Waals surface area contributed by atoms with Crippen molar-refractivity contribution in [2.75, 3.05) is 13.2 Å². The standard InChI is InChI=1S/C14H25F3N2O3/c1-9(18-8-14(15,16)17)10-7-21-13(5,6)19(10)11(20)22-12(2,3)4/h9-10,18H,7-8H2,1-6H3. The molecule has 8 heteroatoms. The lowest BCUT2D eigenvalue weighted by molar-refractivity contribution is -0.126. The number of nitrogens with zero attached hydrogens (tertiary/aromatic N) is 1. The summed E-state index contributed by atoms with van der Waals surface area (Å²) in [7, 11) is 0. The molecule has 0 bridgehead atoms. The maximum Gasteiger partial charge on any atom is 0.412 e. The molecular formula is C14H25F3N2O3. The molecule has 22 heavy (non-hydrogen) atoms. The Balaban J connectivity index is 2.82. The first-order chi connectivity index (χ1) is 9.73. The SMILES string of the molecule is CC(NCC(F)(F)F)C1COC(C)(C)N1C(=O)OC(C)(C)C. The molecule has 5 nitrogen and oxygen atoms in total. The third kappa shape index (κ3) is 5.31. The molecule has 0 spiro atoms. The van der Waals surface area contributed by atoms with E-state index in [9.17, 15) is 18.0 Å². The number of hydrogen-bond donors (Lipinski definition) is 1. The van der Waals surface area contributed by atoms with E-state index in [0.717, 1.165) is 0 Å². The average Bonchev–Trinajstić information content (AvgIpc) is 2.58. The van der Waals surface area contributed by atoms with Crippen molar-refractivity contribution in [3.63, 3.8) is 0 Å². The van der Waals surface area contributed by atoms with Crippen LogP contribution in [0.4, 0.5) is 18.0 Å². The highest BCUT2D eigenvalue weighted by molar-refractivity contribution is 5.70. The number of alkyl halides is 3. The van der Waals surface area contributed by atoms with Gasteiger partial charge in [0.15, 0.2) is 0 Å². The number of rotatable bonds is 3. The molecule has 1 rings (SSSR count). The molecule has 0 aromatic rings. The van der Waals surface area contributed by atoms with E-state index < -0.39 is 42.2 Å². The molecule has 1 heterocycles. The van der Waals surface area contributed by atoms with Crippen LogP contribution in [-0.2, 0) is 9.47 Å². The predicted molar refractivity (Wildman–Crippen MR) is 75.4 cm³/mol. The van der Waals surface area contributed by atoms with Crippen LogP contribution < -0.4 is 5.32 Å². The summed E-state index contributed by atoms with van der Waals surface area (Å²) < 4.78 is 47.9. The lowest BCUT2D eigenvalue weighted by Gasteiger charge is -2.37. The van der Waals surface area contributed by atoms with E-state index in [-0.39, 0.29) is 6.61 Å². The first kappa shape index (κ1) is 19.0. The Bertz CT molecular complexity index is 405. The molecule has 1 saturated heterocycles. The molecule has 1 N–H and O–H groups in total. The van der Waals surface area contributed by atoms with E-state index in [1.54, 1.807) is 41.5 Å². The van der Waals surface area contributed by atoms with Gasteiger partial charge in [-0.05, 0) is 41.5 Å². The average molecular weight is 326 g/mol. The first-order valence-electron chi connectivity index (χ1n) is 7.19. The smallest absolute Gasteiger partial charge is 0.412 e. The molecule has 2 unspecified atom stereocenters. The molecule has 0 aromatic heterocycles. The summed E-state index contributed by atoms with van der Waals surface area (Å²) in [6.45, 7) is 9.20. The number of amides is 1. The van der Waals surface area contributed by atoms with Crippen LogP contribution in [-0.4, -0.2) is 53.7 Å². The van der Waals surface area contributed by atoms with Crippen molar-refractivity contribution < 1.29 is 27.4 Å². The third-order valence-electron chi connectivity index (χ3n) is 3.31. The van der Waals surface area contributed by atoms with Crippen LogP contribution in [0.3, 0.4) is 0 Å². The van der Waals surface area contributed by atoms with Gasteiger partial charge in [0.2, 0.25) is 0 Å². The quantitative estimate of drug-likeness (QED) is 0.866. The van der Waals surface area contributed by atoms with Gasteiger partial charge in [0.25, 0.3) is 0 Å². The Morgan fingerprint density at radius 2 is 1.95 bits per heavy atom. The Morgan fingerprint density at radius 1 is 1.41 bits per heavy atom. The van der Waals surface area contributed by atoms with Gasteiger partial charge in [-0.1, -0.05) is 0 Å². The topological polar surface area (TPSA) is 50.8 Å². The zero-order valence-corrected chi connectivity index (χ0v) is 13.9. The van der Waals surface area contributed by atoms with Gasteiger partial charge < -0.3 is 14.8 Å². The number of nitrogens with one attached hydrogen (secondary N) is 1. The number of halogens is 3. The predicted octanol–water partition coefficient (Wildman–Crippen LogP) is 2.90. The van der Waals surface area contributed by atoms with E-state index in [2.05, 4.69) is 5.32 Å². The maximum absolute atomic E-state index is 12.4. The molecular weight excluding hydrogens is 301 g/mol. The van der Waals surface area contributed by atoms with Crippen molar-refractivity contribution in [1.29, 1.82) is 0 Å². The maximum atomic E-state index is 12.4. The summed E-state index contributed by atoms with van der Waals surface area (Å²) >= 11 is 0. The highest BCUT2D eigenvalue weighted by Gasteiger charge is 2.48.